The summed E-state index contributed by atoms with van der Waals surface area (Å²) in [6.07, 6.45) is 1.26. The van der Waals surface area contributed by atoms with E-state index in [1.54, 1.807) is 24.3 Å². The number of rotatable bonds is 5. The van der Waals surface area contributed by atoms with Crippen LogP contribution in [0.2, 0.25) is 0 Å². The van der Waals surface area contributed by atoms with Crippen LogP contribution in [0.15, 0.2) is 35.1 Å². The standard InChI is InChI=1S/C11H10N2O4/c14-11(15)5-8-2-1-3-9(4-8)16-6-10-12-7-13-17-10/h1-4,7H,5-6H2,(H,14,15). The minimum absolute atomic E-state index is 0.0300. The Morgan fingerprint density at radius 2 is 2.35 bits per heavy atom. The van der Waals surface area contributed by atoms with Crippen molar-refractivity contribution in [1.29, 1.82) is 0 Å². The molecule has 0 radical (unpaired) electrons. The van der Waals surface area contributed by atoms with Crippen molar-refractivity contribution in [2.75, 3.05) is 0 Å². The number of hydrogen-bond donors (Lipinski definition) is 1. The van der Waals surface area contributed by atoms with Crippen LogP contribution in [0.5, 0.6) is 5.75 Å². The van der Waals surface area contributed by atoms with Gasteiger partial charge < -0.3 is 14.4 Å². The number of carboxylic acids is 1. The van der Waals surface area contributed by atoms with E-state index in [9.17, 15) is 4.79 Å². The molecule has 1 heterocycles. The van der Waals surface area contributed by atoms with Crippen LogP contribution >= 0.6 is 0 Å². The van der Waals surface area contributed by atoms with Crippen LogP contribution in [-0.2, 0) is 17.8 Å². The van der Waals surface area contributed by atoms with Crippen molar-refractivity contribution in [1.82, 2.24) is 10.1 Å². The molecular weight excluding hydrogens is 224 g/mol. The van der Waals surface area contributed by atoms with Crippen molar-refractivity contribution in [3.8, 4) is 5.75 Å². The van der Waals surface area contributed by atoms with E-state index in [0.717, 1.165) is 0 Å². The molecule has 6 nitrogen and oxygen atoms in total. The smallest absolute Gasteiger partial charge is 0.307 e. The van der Waals surface area contributed by atoms with Crippen LogP contribution in [0.3, 0.4) is 0 Å². The van der Waals surface area contributed by atoms with Crippen molar-refractivity contribution < 1.29 is 19.2 Å². The summed E-state index contributed by atoms with van der Waals surface area (Å²) in [5, 5.41) is 12.1. The molecule has 1 aromatic heterocycles. The number of ether oxygens (including phenoxy) is 1. The maximum Gasteiger partial charge on any atom is 0.307 e. The Morgan fingerprint density at radius 1 is 1.47 bits per heavy atom. The highest BCUT2D eigenvalue weighted by molar-refractivity contribution is 5.70. The number of hydrogen-bond acceptors (Lipinski definition) is 5. The van der Waals surface area contributed by atoms with Crippen molar-refractivity contribution in [2.24, 2.45) is 0 Å². The Hall–Kier alpha value is -2.37. The Labute approximate surface area is 96.8 Å². The van der Waals surface area contributed by atoms with Gasteiger partial charge in [0.15, 0.2) is 12.9 Å². The van der Waals surface area contributed by atoms with Crippen LogP contribution in [-0.4, -0.2) is 21.2 Å². The molecule has 0 unspecified atom stereocenters. The molecule has 0 aliphatic rings. The quantitative estimate of drug-likeness (QED) is 0.838. The monoisotopic (exact) mass is 234 g/mol. The second kappa shape index (κ2) is 5.11. The summed E-state index contributed by atoms with van der Waals surface area (Å²) in [7, 11) is 0. The molecule has 0 aliphatic carbocycles. The van der Waals surface area contributed by atoms with Gasteiger partial charge in [0, 0.05) is 0 Å². The van der Waals surface area contributed by atoms with Crippen molar-refractivity contribution in [3.63, 3.8) is 0 Å². The Balaban J connectivity index is 1.98. The fraction of sp³-hybridized carbons (Fsp3) is 0.182. The number of carboxylic acid groups (broad SMARTS) is 1. The topological polar surface area (TPSA) is 85.5 Å². The molecule has 0 atom stereocenters. The number of nitrogens with zero attached hydrogens (tertiary/aromatic N) is 2. The van der Waals surface area contributed by atoms with E-state index in [4.69, 9.17) is 14.4 Å². The molecule has 0 saturated heterocycles. The van der Waals surface area contributed by atoms with E-state index in [2.05, 4.69) is 10.1 Å². The second-order valence-corrected chi connectivity index (χ2v) is 3.34. The minimum atomic E-state index is -0.876. The van der Waals surface area contributed by atoms with Crippen LogP contribution in [0, 0.1) is 0 Å². The van der Waals surface area contributed by atoms with E-state index in [0.29, 0.717) is 17.2 Å². The third-order valence-electron chi connectivity index (χ3n) is 2.02. The molecule has 0 spiro atoms. The molecule has 6 heteroatoms. The van der Waals surface area contributed by atoms with Gasteiger partial charge in [-0.2, -0.15) is 4.98 Å². The maximum absolute atomic E-state index is 10.6. The molecule has 0 amide bonds. The summed E-state index contributed by atoms with van der Waals surface area (Å²) in [6, 6.07) is 6.88. The van der Waals surface area contributed by atoms with Gasteiger partial charge in [-0.15, -0.1) is 0 Å². The summed E-state index contributed by atoms with van der Waals surface area (Å²) in [5.41, 5.74) is 0.681. The molecule has 1 N–H and O–H groups in total. The summed E-state index contributed by atoms with van der Waals surface area (Å²) in [5.74, 6) is 0.0645. The van der Waals surface area contributed by atoms with Gasteiger partial charge in [0.05, 0.1) is 6.42 Å². The first-order valence-corrected chi connectivity index (χ1v) is 4.93. The lowest BCUT2D eigenvalue weighted by Gasteiger charge is -2.04. The molecule has 2 aromatic rings. The first-order chi connectivity index (χ1) is 8.24. The predicted molar refractivity (Wildman–Crippen MR) is 56.4 cm³/mol. The summed E-state index contributed by atoms with van der Waals surface area (Å²) in [4.78, 5) is 14.4. The van der Waals surface area contributed by atoms with Gasteiger partial charge in [0.1, 0.15) is 5.75 Å². The van der Waals surface area contributed by atoms with E-state index >= 15 is 0 Å². The zero-order chi connectivity index (χ0) is 12.1. The highest BCUT2D eigenvalue weighted by Crippen LogP contribution is 2.15. The Bertz CT molecular complexity index is 496. The van der Waals surface area contributed by atoms with Crippen LogP contribution in [0.4, 0.5) is 0 Å². The Kier molecular flexibility index (Phi) is 3.34. The summed E-state index contributed by atoms with van der Waals surface area (Å²) < 4.78 is 10.2. The van der Waals surface area contributed by atoms with E-state index in [1.165, 1.54) is 6.33 Å². The maximum atomic E-state index is 10.6. The van der Waals surface area contributed by atoms with E-state index in [-0.39, 0.29) is 13.0 Å². The lowest BCUT2D eigenvalue weighted by Crippen LogP contribution is -2.01. The number of carbonyl (C=O) groups is 1. The molecule has 0 aliphatic heterocycles. The van der Waals surface area contributed by atoms with Crippen molar-refractivity contribution in [2.45, 2.75) is 13.0 Å². The number of benzene rings is 1. The normalized spacial score (nSPS) is 10.1. The molecule has 0 bridgehead atoms. The SMILES string of the molecule is O=C(O)Cc1cccc(OCc2ncno2)c1. The largest absolute Gasteiger partial charge is 0.484 e. The predicted octanol–water partition coefficient (Wildman–Crippen LogP) is 1.28. The average molecular weight is 234 g/mol. The third kappa shape index (κ3) is 3.30. The van der Waals surface area contributed by atoms with Gasteiger partial charge in [-0.25, -0.2) is 0 Å². The van der Waals surface area contributed by atoms with Crippen LogP contribution in [0.1, 0.15) is 11.5 Å². The van der Waals surface area contributed by atoms with Crippen LogP contribution in [0.25, 0.3) is 0 Å². The summed E-state index contributed by atoms with van der Waals surface area (Å²) >= 11 is 0. The first-order valence-electron chi connectivity index (χ1n) is 4.93. The lowest BCUT2D eigenvalue weighted by molar-refractivity contribution is -0.136. The highest BCUT2D eigenvalue weighted by atomic mass is 16.5. The number of aromatic nitrogens is 2. The van der Waals surface area contributed by atoms with Gasteiger partial charge in [0.25, 0.3) is 5.89 Å². The Morgan fingerprint density at radius 3 is 3.06 bits per heavy atom. The summed E-state index contributed by atoms with van der Waals surface area (Å²) in [6.45, 7) is 0.163. The zero-order valence-electron chi connectivity index (χ0n) is 8.87. The van der Waals surface area contributed by atoms with E-state index < -0.39 is 5.97 Å². The molecule has 1 aromatic carbocycles. The molecule has 17 heavy (non-hydrogen) atoms. The number of aliphatic carboxylic acids is 1. The third-order valence-corrected chi connectivity index (χ3v) is 2.02. The second-order valence-electron chi connectivity index (χ2n) is 3.34. The lowest BCUT2D eigenvalue weighted by atomic mass is 10.1. The molecule has 0 fully saturated rings. The fourth-order valence-electron chi connectivity index (χ4n) is 1.32. The van der Waals surface area contributed by atoms with Crippen LogP contribution < -0.4 is 4.74 Å². The zero-order valence-corrected chi connectivity index (χ0v) is 8.87. The van der Waals surface area contributed by atoms with Gasteiger partial charge in [-0.3, -0.25) is 4.79 Å². The highest BCUT2D eigenvalue weighted by Gasteiger charge is 2.04. The fourth-order valence-corrected chi connectivity index (χ4v) is 1.32. The van der Waals surface area contributed by atoms with Gasteiger partial charge in [-0.1, -0.05) is 17.3 Å². The minimum Gasteiger partial charge on any atom is -0.484 e. The molecular formula is C11H10N2O4. The molecule has 2 rings (SSSR count). The molecule has 88 valence electrons. The van der Waals surface area contributed by atoms with E-state index in [1.807, 2.05) is 0 Å². The van der Waals surface area contributed by atoms with Gasteiger partial charge in [-0.05, 0) is 17.7 Å². The van der Waals surface area contributed by atoms with Crippen molar-refractivity contribution >= 4 is 5.97 Å². The van der Waals surface area contributed by atoms with Crippen molar-refractivity contribution in [3.05, 3.63) is 42.0 Å². The molecule has 0 saturated carbocycles. The van der Waals surface area contributed by atoms with Gasteiger partial charge >= 0.3 is 5.97 Å². The van der Waals surface area contributed by atoms with Gasteiger partial charge in [0.2, 0.25) is 0 Å². The average Bonchev–Trinajstić information content (AvgIpc) is 2.79. The first kappa shape index (κ1) is 11.1.